The first kappa shape index (κ1) is 19.0. The van der Waals surface area contributed by atoms with Gasteiger partial charge in [0.05, 0.1) is 24.5 Å². The van der Waals surface area contributed by atoms with Crippen molar-refractivity contribution in [2.75, 3.05) is 6.61 Å². The van der Waals surface area contributed by atoms with E-state index in [1.807, 2.05) is 6.92 Å². The monoisotopic (exact) mass is 286 g/mol. The highest BCUT2D eigenvalue weighted by Crippen LogP contribution is 2.12. The Hall–Kier alpha value is -1.03. The second-order valence-electron chi connectivity index (χ2n) is 5.11. The summed E-state index contributed by atoms with van der Waals surface area (Å²) in [4.78, 5) is 11.1. The summed E-state index contributed by atoms with van der Waals surface area (Å²) in [6.45, 7) is 4.07. The molecular formula is C16H30O4. The fraction of sp³-hybridized carbons (Fsp3) is 0.812. The van der Waals surface area contributed by atoms with E-state index in [1.54, 1.807) is 6.92 Å². The van der Waals surface area contributed by atoms with Crippen molar-refractivity contribution < 1.29 is 19.7 Å². The number of hydrogen-bond donors (Lipinski definition) is 2. The highest BCUT2D eigenvalue weighted by Gasteiger charge is 2.02. The van der Waals surface area contributed by atoms with Crippen LogP contribution in [-0.2, 0) is 9.53 Å². The van der Waals surface area contributed by atoms with Gasteiger partial charge in [-0.15, -0.1) is 0 Å². The van der Waals surface area contributed by atoms with E-state index in [1.165, 1.54) is 6.42 Å². The summed E-state index contributed by atoms with van der Waals surface area (Å²) in [5.74, 6) is -0.367. The van der Waals surface area contributed by atoms with Crippen molar-refractivity contribution in [2.24, 2.45) is 0 Å². The van der Waals surface area contributed by atoms with Crippen molar-refractivity contribution in [3.63, 3.8) is 0 Å². The average Bonchev–Trinajstić information content (AvgIpc) is 2.41. The molecule has 0 saturated carbocycles. The molecule has 0 aromatic rings. The number of allylic oxidation sites excluding steroid dienone is 1. The summed E-state index contributed by atoms with van der Waals surface area (Å²) in [5.41, 5.74) is 0. The van der Waals surface area contributed by atoms with Crippen LogP contribution in [0.3, 0.4) is 0 Å². The maximum atomic E-state index is 11.1. The van der Waals surface area contributed by atoms with E-state index in [-0.39, 0.29) is 11.9 Å². The Kier molecular flexibility index (Phi) is 12.3. The summed E-state index contributed by atoms with van der Waals surface area (Å²) < 4.78 is 4.72. The van der Waals surface area contributed by atoms with E-state index in [0.717, 1.165) is 51.0 Å². The summed E-state index contributed by atoms with van der Waals surface area (Å²) in [5, 5.41) is 18.9. The van der Waals surface area contributed by atoms with Crippen LogP contribution < -0.4 is 0 Å². The van der Waals surface area contributed by atoms with Crippen LogP contribution in [0.4, 0.5) is 0 Å². The van der Waals surface area contributed by atoms with Gasteiger partial charge in [0.15, 0.2) is 0 Å². The van der Waals surface area contributed by atoms with E-state index in [0.29, 0.717) is 13.0 Å². The molecule has 118 valence electrons. The molecule has 0 rings (SSSR count). The molecule has 4 heteroatoms. The third-order valence-corrected chi connectivity index (χ3v) is 3.26. The minimum Gasteiger partial charge on any atom is -0.512 e. The third kappa shape index (κ3) is 12.0. The maximum absolute atomic E-state index is 11.1. The molecule has 0 aliphatic heterocycles. The van der Waals surface area contributed by atoms with Crippen LogP contribution in [0.5, 0.6) is 0 Å². The van der Waals surface area contributed by atoms with Crippen molar-refractivity contribution in [2.45, 2.75) is 77.7 Å². The number of carbonyl (C=O) groups excluding carboxylic acids is 1. The van der Waals surface area contributed by atoms with Crippen LogP contribution in [0.1, 0.15) is 71.6 Å². The molecule has 2 N–H and O–H groups in total. The molecular weight excluding hydrogens is 256 g/mol. The van der Waals surface area contributed by atoms with Crippen LogP contribution in [0.2, 0.25) is 0 Å². The molecule has 0 saturated heterocycles. The smallest absolute Gasteiger partial charge is 0.334 e. The van der Waals surface area contributed by atoms with Crippen LogP contribution in [0.15, 0.2) is 11.8 Å². The third-order valence-electron chi connectivity index (χ3n) is 3.26. The van der Waals surface area contributed by atoms with Crippen molar-refractivity contribution in [1.29, 1.82) is 0 Å². The summed E-state index contributed by atoms with van der Waals surface area (Å²) in [6, 6.07) is 0. The minimum absolute atomic E-state index is 0.106. The fourth-order valence-corrected chi connectivity index (χ4v) is 1.99. The van der Waals surface area contributed by atoms with E-state index in [4.69, 9.17) is 4.74 Å². The van der Waals surface area contributed by atoms with Gasteiger partial charge in [-0.05, 0) is 26.2 Å². The normalized spacial score (nSPS) is 13.2. The molecule has 0 bridgehead atoms. The molecule has 0 radical (unpaired) electrons. The zero-order valence-electron chi connectivity index (χ0n) is 12.9. The first-order valence-corrected chi connectivity index (χ1v) is 7.84. The molecule has 20 heavy (non-hydrogen) atoms. The predicted octanol–water partition coefficient (Wildman–Crippen LogP) is 3.88. The Morgan fingerprint density at radius 1 is 1.10 bits per heavy atom. The first-order chi connectivity index (χ1) is 9.60. The van der Waals surface area contributed by atoms with Gasteiger partial charge in [-0.3, -0.25) is 0 Å². The lowest BCUT2D eigenvalue weighted by Gasteiger charge is -2.06. The minimum atomic E-state index is -0.473. The quantitative estimate of drug-likeness (QED) is 0.247. The van der Waals surface area contributed by atoms with Gasteiger partial charge in [0, 0.05) is 6.42 Å². The largest absolute Gasteiger partial charge is 0.512 e. The fourth-order valence-electron chi connectivity index (χ4n) is 1.99. The van der Waals surface area contributed by atoms with Crippen LogP contribution in [-0.4, -0.2) is 28.9 Å². The molecule has 0 aliphatic carbocycles. The van der Waals surface area contributed by atoms with E-state index in [2.05, 4.69) is 0 Å². The first-order valence-electron chi connectivity index (χ1n) is 7.84. The number of esters is 1. The Morgan fingerprint density at radius 3 is 2.30 bits per heavy atom. The van der Waals surface area contributed by atoms with Gasteiger partial charge in [0.2, 0.25) is 0 Å². The molecule has 4 nitrogen and oxygen atoms in total. The Morgan fingerprint density at radius 2 is 1.70 bits per heavy atom. The zero-order valence-corrected chi connectivity index (χ0v) is 12.9. The highest BCUT2D eigenvalue weighted by atomic mass is 16.5. The molecule has 1 atom stereocenters. The van der Waals surface area contributed by atoms with E-state index >= 15 is 0 Å². The zero-order chi connectivity index (χ0) is 15.2. The molecule has 0 spiro atoms. The SMILES string of the molecule is CCOC(=O)C=C(O)CCCCCCCCC(O)CC. The maximum Gasteiger partial charge on any atom is 0.334 e. The molecule has 1 unspecified atom stereocenters. The standard InChI is InChI=1S/C16H30O4/c1-3-14(17)11-9-7-5-6-8-10-12-15(18)13-16(19)20-4-2/h13-14,17-18H,3-12H2,1-2H3. The van der Waals surface area contributed by atoms with Crippen molar-refractivity contribution in [3.8, 4) is 0 Å². The lowest BCUT2D eigenvalue weighted by molar-refractivity contribution is -0.137. The molecule has 0 fully saturated rings. The lowest BCUT2D eigenvalue weighted by atomic mass is 10.0. The number of carbonyl (C=O) groups is 1. The lowest BCUT2D eigenvalue weighted by Crippen LogP contribution is -2.03. The van der Waals surface area contributed by atoms with Crippen molar-refractivity contribution >= 4 is 5.97 Å². The average molecular weight is 286 g/mol. The molecule has 0 heterocycles. The Labute approximate surface area is 122 Å². The van der Waals surface area contributed by atoms with Crippen molar-refractivity contribution in [1.82, 2.24) is 0 Å². The van der Waals surface area contributed by atoms with Crippen LogP contribution in [0.25, 0.3) is 0 Å². The van der Waals surface area contributed by atoms with Gasteiger partial charge >= 0.3 is 5.97 Å². The van der Waals surface area contributed by atoms with Crippen molar-refractivity contribution in [3.05, 3.63) is 11.8 Å². The number of ether oxygens (including phenoxy) is 1. The van der Waals surface area contributed by atoms with Gasteiger partial charge in [-0.1, -0.05) is 39.0 Å². The van der Waals surface area contributed by atoms with Gasteiger partial charge in [-0.25, -0.2) is 4.79 Å². The summed E-state index contributed by atoms with van der Waals surface area (Å²) in [6.07, 6.45) is 9.78. The second kappa shape index (κ2) is 13.0. The summed E-state index contributed by atoms with van der Waals surface area (Å²) in [7, 11) is 0. The second-order valence-corrected chi connectivity index (χ2v) is 5.11. The van der Waals surface area contributed by atoms with Crippen LogP contribution in [0, 0.1) is 0 Å². The molecule has 0 aromatic carbocycles. The number of rotatable bonds is 12. The predicted molar refractivity (Wildman–Crippen MR) is 80.6 cm³/mol. The Balaban J connectivity index is 3.41. The molecule has 0 aromatic heterocycles. The Bertz CT molecular complexity index is 274. The summed E-state index contributed by atoms with van der Waals surface area (Å²) >= 11 is 0. The molecule has 0 amide bonds. The van der Waals surface area contributed by atoms with Gasteiger partial charge in [0.1, 0.15) is 0 Å². The van der Waals surface area contributed by atoms with E-state index < -0.39 is 5.97 Å². The number of aliphatic hydroxyl groups is 2. The van der Waals surface area contributed by atoms with Gasteiger partial charge in [-0.2, -0.15) is 0 Å². The van der Waals surface area contributed by atoms with E-state index in [9.17, 15) is 15.0 Å². The topological polar surface area (TPSA) is 66.8 Å². The molecule has 0 aliphatic rings. The number of aliphatic hydroxyl groups excluding tert-OH is 2. The van der Waals surface area contributed by atoms with Gasteiger partial charge in [0.25, 0.3) is 0 Å². The highest BCUT2D eigenvalue weighted by molar-refractivity contribution is 5.82. The van der Waals surface area contributed by atoms with Gasteiger partial charge < -0.3 is 14.9 Å². The number of unbranched alkanes of at least 4 members (excludes halogenated alkanes) is 5. The number of hydrogen-bond acceptors (Lipinski definition) is 4. The van der Waals surface area contributed by atoms with Crippen LogP contribution >= 0.6 is 0 Å².